The van der Waals surface area contributed by atoms with E-state index in [-0.39, 0.29) is 0 Å². The molecular formula is C13H22ClN3O. The summed E-state index contributed by atoms with van der Waals surface area (Å²) in [6.07, 6.45) is 5.31. The van der Waals surface area contributed by atoms with Crippen molar-refractivity contribution in [2.75, 3.05) is 6.54 Å². The van der Waals surface area contributed by atoms with Crippen LogP contribution in [0.25, 0.3) is 0 Å². The van der Waals surface area contributed by atoms with Crippen molar-refractivity contribution in [3.8, 4) is 0 Å². The first kappa shape index (κ1) is 13.8. The van der Waals surface area contributed by atoms with Crippen LogP contribution in [-0.2, 0) is 13.6 Å². The maximum absolute atomic E-state index is 10.4. The highest BCUT2D eigenvalue weighted by molar-refractivity contribution is 6.30. The summed E-state index contributed by atoms with van der Waals surface area (Å²) in [5.74, 6) is 0. The van der Waals surface area contributed by atoms with Crippen LogP contribution < -0.4 is 5.32 Å². The third-order valence-corrected chi connectivity index (χ3v) is 4.28. The fourth-order valence-electron chi connectivity index (χ4n) is 2.68. The minimum atomic E-state index is -0.527. The number of rotatable bonds is 4. The number of hydrogen-bond donors (Lipinski definition) is 2. The third kappa shape index (κ3) is 3.05. The van der Waals surface area contributed by atoms with E-state index in [2.05, 4.69) is 10.4 Å². The topological polar surface area (TPSA) is 50.1 Å². The standard InChI is InChI=1S/C13H22ClN3O/c1-10-11(12(14)17(2)16-10)8-15-9-13(18)6-4-3-5-7-13/h15,18H,3-9H2,1-2H3. The molecule has 0 unspecified atom stereocenters. The van der Waals surface area contributed by atoms with Crippen molar-refractivity contribution >= 4 is 11.6 Å². The monoisotopic (exact) mass is 271 g/mol. The van der Waals surface area contributed by atoms with E-state index in [9.17, 15) is 5.11 Å². The van der Waals surface area contributed by atoms with Crippen molar-refractivity contribution in [2.45, 2.75) is 51.2 Å². The van der Waals surface area contributed by atoms with Gasteiger partial charge in [0, 0.05) is 25.7 Å². The molecule has 0 amide bonds. The first-order valence-corrected chi connectivity index (χ1v) is 7.01. The van der Waals surface area contributed by atoms with Gasteiger partial charge in [0.1, 0.15) is 5.15 Å². The average Bonchev–Trinajstić information content (AvgIpc) is 2.56. The number of nitrogens with one attached hydrogen (secondary N) is 1. The Bertz CT molecular complexity index is 411. The van der Waals surface area contributed by atoms with E-state index in [4.69, 9.17) is 11.6 Å². The lowest BCUT2D eigenvalue weighted by Crippen LogP contribution is -2.41. The van der Waals surface area contributed by atoms with Gasteiger partial charge in [-0.3, -0.25) is 4.68 Å². The predicted octanol–water partition coefficient (Wildman–Crippen LogP) is 2.17. The molecule has 18 heavy (non-hydrogen) atoms. The summed E-state index contributed by atoms with van der Waals surface area (Å²) in [6.45, 7) is 3.26. The molecular weight excluding hydrogens is 250 g/mol. The van der Waals surface area contributed by atoms with Gasteiger partial charge in [-0.25, -0.2) is 0 Å². The molecule has 0 spiro atoms. The highest BCUT2D eigenvalue weighted by Gasteiger charge is 2.28. The number of halogens is 1. The lowest BCUT2D eigenvalue weighted by molar-refractivity contribution is 0.00466. The summed E-state index contributed by atoms with van der Waals surface area (Å²) in [6, 6.07) is 0. The molecule has 0 aliphatic heterocycles. The summed E-state index contributed by atoms with van der Waals surface area (Å²) in [4.78, 5) is 0. The van der Waals surface area contributed by atoms with E-state index in [0.717, 1.165) is 36.9 Å². The largest absolute Gasteiger partial charge is 0.389 e. The number of aliphatic hydroxyl groups is 1. The van der Waals surface area contributed by atoms with E-state index in [1.54, 1.807) is 4.68 Å². The molecule has 1 fully saturated rings. The first-order chi connectivity index (χ1) is 8.52. The zero-order valence-corrected chi connectivity index (χ0v) is 11.9. The molecule has 1 aromatic heterocycles. The van der Waals surface area contributed by atoms with Gasteiger partial charge in [-0.2, -0.15) is 5.10 Å². The fourth-order valence-corrected chi connectivity index (χ4v) is 2.92. The molecule has 2 rings (SSSR count). The Labute approximate surface area is 113 Å². The van der Waals surface area contributed by atoms with E-state index in [0.29, 0.717) is 18.2 Å². The smallest absolute Gasteiger partial charge is 0.131 e. The number of nitrogens with zero attached hydrogens (tertiary/aromatic N) is 2. The van der Waals surface area contributed by atoms with Gasteiger partial charge in [0.15, 0.2) is 0 Å². The lowest BCUT2D eigenvalue weighted by Gasteiger charge is -2.32. The molecule has 0 aromatic carbocycles. The van der Waals surface area contributed by atoms with E-state index < -0.39 is 5.60 Å². The van der Waals surface area contributed by atoms with E-state index in [1.165, 1.54) is 6.42 Å². The third-order valence-electron chi connectivity index (χ3n) is 3.81. The van der Waals surface area contributed by atoms with Gasteiger partial charge in [-0.05, 0) is 19.8 Å². The van der Waals surface area contributed by atoms with E-state index in [1.807, 2.05) is 14.0 Å². The van der Waals surface area contributed by atoms with Crippen LogP contribution in [0.15, 0.2) is 0 Å². The molecule has 0 radical (unpaired) electrons. The van der Waals surface area contributed by atoms with Crippen LogP contribution in [0.2, 0.25) is 5.15 Å². The molecule has 102 valence electrons. The zero-order chi connectivity index (χ0) is 13.2. The van der Waals surface area contributed by atoms with E-state index >= 15 is 0 Å². The Kier molecular flexibility index (Phi) is 4.30. The lowest BCUT2D eigenvalue weighted by atomic mass is 9.85. The van der Waals surface area contributed by atoms with Crippen LogP contribution >= 0.6 is 11.6 Å². The van der Waals surface area contributed by atoms with Gasteiger partial charge in [0.2, 0.25) is 0 Å². The Morgan fingerprint density at radius 3 is 2.61 bits per heavy atom. The highest BCUT2D eigenvalue weighted by atomic mass is 35.5. The molecule has 5 heteroatoms. The van der Waals surface area contributed by atoms with Crippen LogP contribution in [0.5, 0.6) is 0 Å². The minimum absolute atomic E-state index is 0.527. The molecule has 0 bridgehead atoms. The van der Waals surface area contributed by atoms with Gasteiger partial charge >= 0.3 is 0 Å². The summed E-state index contributed by atoms with van der Waals surface area (Å²) in [5, 5.41) is 18.6. The Balaban J connectivity index is 1.88. The SMILES string of the molecule is Cc1nn(C)c(Cl)c1CNCC1(O)CCCCC1. The molecule has 4 nitrogen and oxygen atoms in total. The Hall–Kier alpha value is -0.580. The van der Waals surface area contributed by atoms with Crippen LogP contribution in [0.3, 0.4) is 0 Å². The van der Waals surface area contributed by atoms with Crippen molar-refractivity contribution < 1.29 is 5.11 Å². The van der Waals surface area contributed by atoms with Crippen molar-refractivity contribution in [1.82, 2.24) is 15.1 Å². The van der Waals surface area contributed by atoms with Crippen LogP contribution in [0, 0.1) is 6.92 Å². The van der Waals surface area contributed by atoms with Crippen molar-refractivity contribution in [3.05, 3.63) is 16.4 Å². The molecule has 0 saturated heterocycles. The zero-order valence-electron chi connectivity index (χ0n) is 11.2. The van der Waals surface area contributed by atoms with Gasteiger partial charge in [0.05, 0.1) is 11.3 Å². The van der Waals surface area contributed by atoms with Crippen molar-refractivity contribution in [3.63, 3.8) is 0 Å². The van der Waals surface area contributed by atoms with Crippen LogP contribution in [0.4, 0.5) is 0 Å². The first-order valence-electron chi connectivity index (χ1n) is 6.63. The second-order valence-electron chi connectivity index (χ2n) is 5.37. The molecule has 2 N–H and O–H groups in total. The number of hydrogen-bond acceptors (Lipinski definition) is 3. The van der Waals surface area contributed by atoms with Crippen LogP contribution in [-0.4, -0.2) is 27.0 Å². The quantitative estimate of drug-likeness (QED) is 0.882. The van der Waals surface area contributed by atoms with Gasteiger partial charge < -0.3 is 10.4 Å². The molecule has 1 heterocycles. The normalized spacial score (nSPS) is 19.1. The summed E-state index contributed by atoms with van der Waals surface area (Å²) < 4.78 is 1.68. The Morgan fingerprint density at radius 1 is 1.39 bits per heavy atom. The van der Waals surface area contributed by atoms with Crippen LogP contribution in [0.1, 0.15) is 43.4 Å². The highest BCUT2D eigenvalue weighted by Crippen LogP contribution is 2.27. The average molecular weight is 272 g/mol. The van der Waals surface area contributed by atoms with Crippen molar-refractivity contribution in [2.24, 2.45) is 7.05 Å². The number of aryl methyl sites for hydroxylation is 2. The second-order valence-corrected chi connectivity index (χ2v) is 5.72. The summed E-state index contributed by atoms with van der Waals surface area (Å²) in [7, 11) is 1.84. The molecule has 0 atom stereocenters. The van der Waals surface area contributed by atoms with Gasteiger partial charge in [0.25, 0.3) is 0 Å². The predicted molar refractivity (Wildman–Crippen MR) is 72.7 cm³/mol. The molecule has 1 aromatic rings. The minimum Gasteiger partial charge on any atom is -0.389 e. The maximum Gasteiger partial charge on any atom is 0.131 e. The Morgan fingerprint density at radius 2 is 2.06 bits per heavy atom. The second kappa shape index (κ2) is 5.59. The molecule has 1 aliphatic rings. The van der Waals surface area contributed by atoms with Crippen molar-refractivity contribution in [1.29, 1.82) is 0 Å². The van der Waals surface area contributed by atoms with Gasteiger partial charge in [-0.15, -0.1) is 0 Å². The fraction of sp³-hybridized carbons (Fsp3) is 0.769. The van der Waals surface area contributed by atoms with Gasteiger partial charge in [-0.1, -0.05) is 30.9 Å². The summed E-state index contributed by atoms with van der Waals surface area (Å²) >= 11 is 6.17. The maximum atomic E-state index is 10.4. The number of aromatic nitrogens is 2. The molecule has 1 saturated carbocycles. The molecule has 1 aliphatic carbocycles. The summed E-state index contributed by atoms with van der Waals surface area (Å²) in [5.41, 5.74) is 1.45.